The lowest BCUT2D eigenvalue weighted by molar-refractivity contribution is 0.648. The van der Waals surface area contributed by atoms with Gasteiger partial charge in [-0.25, -0.2) is 9.97 Å². The van der Waals surface area contributed by atoms with Crippen molar-refractivity contribution in [1.82, 2.24) is 19.9 Å². The number of nitrogens with one attached hydrogen (secondary N) is 1. The highest BCUT2D eigenvalue weighted by Crippen LogP contribution is 2.30. The van der Waals surface area contributed by atoms with Crippen molar-refractivity contribution >= 4 is 16.9 Å². The van der Waals surface area contributed by atoms with Crippen LogP contribution in [-0.4, -0.2) is 27.1 Å². The molecule has 3 heterocycles. The third-order valence-corrected chi connectivity index (χ3v) is 3.66. The van der Waals surface area contributed by atoms with E-state index in [9.17, 15) is 0 Å². The Bertz CT molecular complexity index is 559. The van der Waals surface area contributed by atoms with Crippen molar-refractivity contribution in [3.8, 4) is 0 Å². The van der Waals surface area contributed by atoms with E-state index in [1.807, 2.05) is 7.05 Å². The van der Waals surface area contributed by atoms with Crippen LogP contribution in [0.4, 0.5) is 5.82 Å². The lowest BCUT2D eigenvalue weighted by Crippen LogP contribution is -2.16. The molecule has 0 aliphatic carbocycles. The number of nitrogen functional groups attached to an aromatic ring is 1. The van der Waals surface area contributed by atoms with Gasteiger partial charge in [0.25, 0.3) is 0 Å². The molecule has 0 radical (unpaired) electrons. The Labute approximate surface area is 100 Å². The summed E-state index contributed by atoms with van der Waals surface area (Å²) in [6.07, 6.45) is 2.69. The molecular weight excluding hydrogens is 214 g/mol. The molecule has 1 aliphatic rings. The van der Waals surface area contributed by atoms with Crippen LogP contribution in [0.3, 0.4) is 0 Å². The van der Waals surface area contributed by atoms with Gasteiger partial charge in [-0.15, -0.1) is 0 Å². The fourth-order valence-electron chi connectivity index (χ4n) is 2.73. The van der Waals surface area contributed by atoms with E-state index in [1.54, 1.807) is 0 Å². The molecule has 0 aromatic carbocycles. The second kappa shape index (κ2) is 3.70. The molecule has 1 aliphatic heterocycles. The number of fused-ring (bicyclic) bond motifs is 1. The lowest BCUT2D eigenvalue weighted by Gasteiger charge is -2.09. The fourth-order valence-corrected chi connectivity index (χ4v) is 2.73. The highest BCUT2D eigenvalue weighted by atomic mass is 15.1. The second-order valence-corrected chi connectivity index (χ2v) is 4.87. The maximum atomic E-state index is 5.88. The maximum Gasteiger partial charge on any atom is 0.145 e. The van der Waals surface area contributed by atoms with E-state index in [-0.39, 0.29) is 0 Å². The summed E-state index contributed by atoms with van der Waals surface area (Å²) in [5, 5.41) is 4.44. The van der Waals surface area contributed by atoms with Gasteiger partial charge in [-0.05, 0) is 19.4 Å². The number of anilines is 1. The predicted octanol–water partition coefficient (Wildman–Crippen LogP) is 1.02. The second-order valence-electron chi connectivity index (χ2n) is 4.87. The highest BCUT2D eigenvalue weighted by Gasteiger charge is 2.25. The molecule has 90 valence electrons. The van der Waals surface area contributed by atoms with Crippen LogP contribution < -0.4 is 11.1 Å². The average molecular weight is 231 g/mol. The normalized spacial score (nSPS) is 24.6. The van der Waals surface area contributed by atoms with E-state index in [2.05, 4.69) is 32.8 Å². The Hall–Kier alpha value is -1.62. The largest absolute Gasteiger partial charge is 0.383 e. The van der Waals surface area contributed by atoms with Crippen molar-refractivity contribution in [2.45, 2.75) is 25.3 Å². The van der Waals surface area contributed by atoms with Crippen LogP contribution >= 0.6 is 0 Å². The number of aromatic nitrogens is 3. The van der Waals surface area contributed by atoms with Crippen LogP contribution in [-0.2, 0) is 7.05 Å². The monoisotopic (exact) mass is 231 g/mol. The standard InChI is InChI=1S/C12H17N5/c1-7-3-8(5-14-7)10-4-9-11(13)15-6-16-12(9)17(10)2/h4,6-8,14H,3,5H2,1-2H3,(H2,13,15,16). The molecule has 3 rings (SSSR count). The fraction of sp³-hybridized carbons (Fsp3) is 0.500. The SMILES string of the molecule is CC1CC(c2cc3c(N)ncnc3n2C)CN1. The van der Waals surface area contributed by atoms with E-state index < -0.39 is 0 Å². The quantitative estimate of drug-likeness (QED) is 0.768. The minimum absolute atomic E-state index is 0.545. The molecule has 1 saturated heterocycles. The van der Waals surface area contributed by atoms with Gasteiger partial charge in [-0.1, -0.05) is 0 Å². The van der Waals surface area contributed by atoms with Crippen LogP contribution in [0, 0.1) is 0 Å². The van der Waals surface area contributed by atoms with Gasteiger partial charge in [-0.3, -0.25) is 0 Å². The summed E-state index contributed by atoms with van der Waals surface area (Å²) in [5.41, 5.74) is 8.10. The zero-order chi connectivity index (χ0) is 12.0. The zero-order valence-electron chi connectivity index (χ0n) is 10.1. The molecule has 0 spiro atoms. The molecular formula is C12H17N5. The summed E-state index contributed by atoms with van der Waals surface area (Å²) in [7, 11) is 2.05. The van der Waals surface area contributed by atoms with Crippen LogP contribution in [0.2, 0.25) is 0 Å². The number of hydrogen-bond acceptors (Lipinski definition) is 4. The summed E-state index contributed by atoms with van der Waals surface area (Å²) in [6.45, 7) is 3.25. The Balaban J connectivity index is 2.11. The zero-order valence-corrected chi connectivity index (χ0v) is 10.1. The molecule has 3 N–H and O–H groups in total. The molecule has 2 aromatic rings. The van der Waals surface area contributed by atoms with E-state index in [1.165, 1.54) is 12.0 Å². The van der Waals surface area contributed by atoms with E-state index in [0.717, 1.165) is 24.0 Å². The van der Waals surface area contributed by atoms with Gasteiger partial charge in [0.1, 0.15) is 17.8 Å². The molecule has 2 unspecified atom stereocenters. The van der Waals surface area contributed by atoms with Gasteiger partial charge < -0.3 is 15.6 Å². The van der Waals surface area contributed by atoms with Gasteiger partial charge in [0.2, 0.25) is 0 Å². The minimum Gasteiger partial charge on any atom is -0.383 e. The Kier molecular flexibility index (Phi) is 2.29. The number of nitrogens with zero attached hydrogens (tertiary/aromatic N) is 3. The Morgan fingerprint density at radius 1 is 1.47 bits per heavy atom. The maximum absolute atomic E-state index is 5.88. The van der Waals surface area contributed by atoms with Gasteiger partial charge in [0.05, 0.1) is 5.39 Å². The molecule has 5 nitrogen and oxygen atoms in total. The van der Waals surface area contributed by atoms with Crippen molar-refractivity contribution in [2.24, 2.45) is 7.05 Å². The van der Waals surface area contributed by atoms with Crippen LogP contribution in [0.1, 0.15) is 25.0 Å². The summed E-state index contributed by atoms with van der Waals surface area (Å²) in [5.74, 6) is 1.11. The van der Waals surface area contributed by atoms with Crippen LogP contribution in [0.5, 0.6) is 0 Å². The molecule has 17 heavy (non-hydrogen) atoms. The number of rotatable bonds is 1. The first-order chi connectivity index (χ1) is 8.16. The molecule has 2 atom stereocenters. The third kappa shape index (κ3) is 1.58. The molecule has 2 aromatic heterocycles. The smallest absolute Gasteiger partial charge is 0.145 e. The molecule has 0 amide bonds. The highest BCUT2D eigenvalue weighted by molar-refractivity contribution is 5.87. The van der Waals surface area contributed by atoms with Crippen molar-refractivity contribution in [3.05, 3.63) is 18.1 Å². The van der Waals surface area contributed by atoms with E-state index in [0.29, 0.717) is 17.8 Å². The number of nitrogens with two attached hydrogens (primary N) is 1. The molecule has 0 saturated carbocycles. The van der Waals surface area contributed by atoms with Crippen LogP contribution in [0.25, 0.3) is 11.0 Å². The molecule has 0 bridgehead atoms. The van der Waals surface area contributed by atoms with Gasteiger partial charge in [-0.2, -0.15) is 0 Å². The number of hydrogen-bond donors (Lipinski definition) is 2. The average Bonchev–Trinajstić information content (AvgIpc) is 2.85. The first-order valence-electron chi connectivity index (χ1n) is 5.96. The summed E-state index contributed by atoms with van der Waals surface area (Å²) >= 11 is 0. The van der Waals surface area contributed by atoms with E-state index >= 15 is 0 Å². The van der Waals surface area contributed by atoms with Crippen molar-refractivity contribution in [2.75, 3.05) is 12.3 Å². The first kappa shape index (κ1) is 10.5. The van der Waals surface area contributed by atoms with Gasteiger partial charge in [0, 0.05) is 31.2 Å². The minimum atomic E-state index is 0.545. The lowest BCUT2D eigenvalue weighted by atomic mass is 10.0. The van der Waals surface area contributed by atoms with Crippen molar-refractivity contribution in [1.29, 1.82) is 0 Å². The Morgan fingerprint density at radius 3 is 2.94 bits per heavy atom. The van der Waals surface area contributed by atoms with Crippen LogP contribution in [0.15, 0.2) is 12.4 Å². The van der Waals surface area contributed by atoms with E-state index in [4.69, 9.17) is 5.73 Å². The molecule has 5 heteroatoms. The van der Waals surface area contributed by atoms with Gasteiger partial charge in [0.15, 0.2) is 0 Å². The van der Waals surface area contributed by atoms with Gasteiger partial charge >= 0.3 is 0 Å². The van der Waals surface area contributed by atoms with Crippen molar-refractivity contribution in [3.63, 3.8) is 0 Å². The summed E-state index contributed by atoms with van der Waals surface area (Å²) < 4.78 is 2.14. The first-order valence-corrected chi connectivity index (χ1v) is 5.96. The summed E-state index contributed by atoms with van der Waals surface area (Å²) in [6, 6.07) is 2.72. The topological polar surface area (TPSA) is 68.8 Å². The van der Waals surface area contributed by atoms with Crippen molar-refractivity contribution < 1.29 is 0 Å². The number of aryl methyl sites for hydroxylation is 1. The Morgan fingerprint density at radius 2 is 2.29 bits per heavy atom. The molecule has 1 fully saturated rings. The predicted molar refractivity (Wildman–Crippen MR) is 67.7 cm³/mol. The summed E-state index contributed by atoms with van der Waals surface area (Å²) in [4.78, 5) is 8.35. The third-order valence-electron chi connectivity index (χ3n) is 3.66.